The largest absolute Gasteiger partial charge is 0.494 e. The van der Waals surface area contributed by atoms with Crippen LogP contribution in [0.3, 0.4) is 0 Å². The van der Waals surface area contributed by atoms with Crippen LogP contribution < -0.4 is 39.0 Å². The van der Waals surface area contributed by atoms with Crippen LogP contribution in [0.25, 0.3) is 54.5 Å². The van der Waals surface area contributed by atoms with Gasteiger partial charge in [0.1, 0.15) is 39.9 Å². The number of amides is 5. The van der Waals surface area contributed by atoms with Crippen molar-refractivity contribution in [2.45, 2.75) is 91.5 Å². The van der Waals surface area contributed by atoms with Gasteiger partial charge in [-0.05, 0) is 220 Å². The van der Waals surface area contributed by atoms with E-state index in [0.717, 1.165) is 98.8 Å². The molecule has 0 saturated heterocycles. The zero-order chi connectivity index (χ0) is 88.7. The Morgan fingerprint density at radius 1 is 0.400 bits per heavy atom. The zero-order valence-corrected chi connectivity index (χ0v) is 74.0. The number of carbonyl (C=O) groups is 5. The molecule has 125 heavy (non-hydrogen) atoms. The number of carbonyl (C=O) groups excluding carboxylic acids is 5. The van der Waals surface area contributed by atoms with E-state index in [1.54, 1.807) is 54.9 Å². The van der Waals surface area contributed by atoms with Gasteiger partial charge in [-0.2, -0.15) is 0 Å². The maximum Gasteiger partial charge on any atom is 0.287 e. The smallest absolute Gasteiger partial charge is 0.287 e. The second-order valence-corrected chi connectivity index (χ2v) is 36.6. The average Bonchev–Trinajstić information content (AvgIpc) is 1.74. The number of fused-ring (bicyclic) bond motifs is 5. The summed E-state index contributed by atoms with van der Waals surface area (Å²) in [6.45, 7) is 13.0. The fourth-order valence-electron chi connectivity index (χ4n) is 14.7. The summed E-state index contributed by atoms with van der Waals surface area (Å²) >= 11 is 18.8. The molecular weight excluding hydrogens is 1710 g/mol. The minimum absolute atomic E-state index is 0.0589. The number of aryl methyl sites for hydroxylation is 9. The molecule has 5 heterocycles. The standard InChI is InChI=1S/C34H35ClN4O5S.C31H30ClN3O6S.C30H27ClN2O4S/c1-23-19-27(20-24(2)31(23)35)44-17-8-12-29-28-11-6-7-13-30(28)37-32(29)34(41)38-45(42,43)18-15-36-33(40)26-14-16-39(22-26)21-25-9-4-3-5-10-25;1-19-16-22(17-20(2)28(19)32)40-14-7-10-24-23-9-4-5-11-25(23)34-29(24)31(37)35-42(38,39)15-13-33-30(36)27-18-21-8-3-6-12-26(21)41-27;1-19-17-22(18-20(2)28(19)31)37-16-8-13-25-24-12-5-6-14-26(24)32-29(25)30(34)33-38(35,36)27-15-7-10-21-9-3-4-11-23(21)27/h3-7,9-11,13-14,16,19-20,22,37H,8,12,15,17-18,21H2,1-2H3,(H,36,40)(H,38,41);3-6,8-9,11-12,16-18,34H,7,10,13-15H2,1-2H3,(H,33,36)(H,35,37);3-7,9-12,14-15,17-18,32H,8,13,16H2,1-2H3,(H,33,34). The third-order valence-electron chi connectivity index (χ3n) is 20.8. The molecule has 0 spiro atoms. The first-order valence-electron chi connectivity index (χ1n) is 40.3. The number of benzene rings is 10. The van der Waals surface area contributed by atoms with E-state index in [1.807, 2.05) is 216 Å². The highest BCUT2D eigenvalue weighted by Gasteiger charge is 2.28. The molecule has 0 bridgehead atoms. The van der Waals surface area contributed by atoms with Crippen LogP contribution in [0, 0.1) is 41.5 Å². The first kappa shape index (κ1) is 90.1. The van der Waals surface area contributed by atoms with Gasteiger partial charge in [0.05, 0.1) is 41.8 Å². The number of nitrogens with zero attached hydrogens (tertiary/aromatic N) is 1. The molecule has 646 valence electrons. The van der Waals surface area contributed by atoms with Gasteiger partial charge in [0, 0.05) is 90.6 Å². The van der Waals surface area contributed by atoms with Crippen molar-refractivity contribution in [3.63, 3.8) is 0 Å². The van der Waals surface area contributed by atoms with Crippen LogP contribution >= 0.6 is 34.8 Å². The van der Waals surface area contributed by atoms with Crippen molar-refractivity contribution in [1.29, 1.82) is 0 Å². The lowest BCUT2D eigenvalue weighted by molar-refractivity contribution is 0.0927. The highest BCUT2D eigenvalue weighted by Crippen LogP contribution is 2.33. The van der Waals surface area contributed by atoms with Gasteiger partial charge < -0.3 is 48.8 Å². The van der Waals surface area contributed by atoms with Crippen LogP contribution in [-0.4, -0.2) is 119 Å². The molecule has 0 aliphatic heterocycles. The SMILES string of the molecule is Cc1cc(OCCCc2c(C(=O)NS(=O)(=O)CCNC(=O)c3cc4ccccc4o3)[nH]c3ccccc23)cc(C)c1Cl.Cc1cc(OCCCc2c(C(=O)NS(=O)(=O)CCNC(=O)c3ccn(Cc4ccccc4)c3)[nH]c3ccccc23)cc(C)c1Cl.Cc1cc(OCCCc2c(C(=O)NS(=O)(=O)c3cccc4ccccc34)[nH]c3ccccc23)cc(C)c1Cl. The normalized spacial score (nSPS) is 11.6. The lowest BCUT2D eigenvalue weighted by Gasteiger charge is -2.11. The van der Waals surface area contributed by atoms with Crippen molar-refractivity contribution in [2.24, 2.45) is 0 Å². The number of hydrogen-bond donors (Lipinski definition) is 8. The van der Waals surface area contributed by atoms with Gasteiger partial charge in [0.25, 0.3) is 39.6 Å². The second-order valence-electron chi connectivity index (χ2n) is 30.2. The summed E-state index contributed by atoms with van der Waals surface area (Å²) in [5.74, 6) is -1.87. The van der Waals surface area contributed by atoms with Crippen molar-refractivity contribution in [3.8, 4) is 17.2 Å². The van der Waals surface area contributed by atoms with E-state index < -0.39 is 71.1 Å². The van der Waals surface area contributed by atoms with Crippen molar-refractivity contribution < 1.29 is 67.9 Å². The predicted octanol–water partition coefficient (Wildman–Crippen LogP) is 18.2. The van der Waals surface area contributed by atoms with Gasteiger partial charge in [0.2, 0.25) is 20.0 Å². The lowest BCUT2D eigenvalue weighted by atomic mass is 10.1. The van der Waals surface area contributed by atoms with Crippen molar-refractivity contribution in [3.05, 3.63) is 330 Å². The Morgan fingerprint density at radius 3 is 1.22 bits per heavy atom. The topological polar surface area (TPSA) is 341 Å². The Kier molecular flexibility index (Phi) is 29.1. The molecule has 0 saturated carbocycles. The number of furan rings is 1. The number of ether oxygens (including phenoxy) is 3. The Morgan fingerprint density at radius 2 is 0.776 bits per heavy atom. The van der Waals surface area contributed by atoms with Gasteiger partial charge in [-0.3, -0.25) is 24.0 Å². The molecule has 15 rings (SSSR count). The molecule has 0 atom stereocenters. The molecule has 10 aromatic carbocycles. The summed E-state index contributed by atoms with van der Waals surface area (Å²) in [6.07, 6.45) is 6.79. The number of H-pyrrole nitrogens is 3. The summed E-state index contributed by atoms with van der Waals surface area (Å²) in [7, 11) is -12.2. The minimum atomic E-state index is -4.12. The summed E-state index contributed by atoms with van der Waals surface area (Å²) in [6, 6.07) is 66.1. The zero-order valence-electron chi connectivity index (χ0n) is 69.3. The van der Waals surface area contributed by atoms with Crippen LogP contribution in [0.2, 0.25) is 15.1 Å². The fourth-order valence-corrected chi connectivity index (χ4v) is 18.0. The van der Waals surface area contributed by atoms with Crippen LogP contribution in [0.4, 0.5) is 0 Å². The molecule has 24 nitrogen and oxygen atoms in total. The maximum absolute atomic E-state index is 13.4. The first-order chi connectivity index (χ1) is 59.9. The van der Waals surface area contributed by atoms with Crippen molar-refractivity contribution in [1.82, 2.24) is 44.3 Å². The molecule has 0 radical (unpaired) electrons. The van der Waals surface area contributed by atoms with Gasteiger partial charge in [-0.15, -0.1) is 0 Å². The predicted molar refractivity (Wildman–Crippen MR) is 491 cm³/mol. The molecule has 0 fully saturated rings. The molecule has 15 aromatic rings. The van der Waals surface area contributed by atoms with E-state index in [0.29, 0.717) is 114 Å². The number of sulfonamides is 3. The van der Waals surface area contributed by atoms with Gasteiger partial charge >= 0.3 is 0 Å². The van der Waals surface area contributed by atoms with Crippen LogP contribution in [0.15, 0.2) is 240 Å². The quantitative estimate of drug-likeness (QED) is 0.0182. The Hall–Kier alpha value is -12.6. The molecule has 0 aliphatic carbocycles. The number of hydrogen-bond acceptors (Lipinski definition) is 15. The van der Waals surface area contributed by atoms with Gasteiger partial charge in [0.15, 0.2) is 5.76 Å². The number of halogens is 3. The molecule has 30 heteroatoms. The van der Waals surface area contributed by atoms with Gasteiger partial charge in [-0.1, -0.05) is 174 Å². The summed E-state index contributed by atoms with van der Waals surface area (Å²) in [4.78, 5) is 74.1. The molecule has 5 aromatic heterocycles. The van der Waals surface area contributed by atoms with Crippen molar-refractivity contribution >= 4 is 149 Å². The van der Waals surface area contributed by atoms with E-state index in [2.05, 4.69) is 39.8 Å². The van der Waals surface area contributed by atoms with E-state index in [4.69, 9.17) is 53.4 Å². The number of para-hydroxylation sites is 4. The average molecular weight is 1800 g/mol. The van der Waals surface area contributed by atoms with Crippen LogP contribution in [0.1, 0.15) is 127 Å². The highest BCUT2D eigenvalue weighted by molar-refractivity contribution is 7.90. The molecule has 0 aliphatic rings. The van der Waals surface area contributed by atoms with E-state index in [9.17, 15) is 49.2 Å². The number of rotatable bonds is 32. The van der Waals surface area contributed by atoms with Gasteiger partial charge in [-0.25, -0.2) is 39.4 Å². The Bertz CT molecular complexity index is 6790. The summed E-state index contributed by atoms with van der Waals surface area (Å²) in [5, 5.41) is 11.9. The molecule has 5 amide bonds. The van der Waals surface area contributed by atoms with E-state index in [1.165, 1.54) is 6.07 Å². The maximum atomic E-state index is 13.4. The number of aromatic nitrogens is 4. The molecular formula is C95H92Cl3N9O15S3. The third kappa shape index (κ3) is 22.9. The van der Waals surface area contributed by atoms with Crippen molar-refractivity contribution in [2.75, 3.05) is 44.4 Å². The third-order valence-corrected chi connectivity index (χ3v) is 26.5. The van der Waals surface area contributed by atoms with Crippen LogP contribution in [-0.2, 0) is 55.9 Å². The van der Waals surface area contributed by atoms with Crippen LogP contribution in [0.5, 0.6) is 17.2 Å². The molecule has 0 unspecified atom stereocenters. The number of nitrogens with one attached hydrogen (secondary N) is 8. The monoisotopic (exact) mass is 1800 g/mol. The minimum Gasteiger partial charge on any atom is -0.494 e. The highest BCUT2D eigenvalue weighted by atomic mass is 35.5. The fraction of sp³-hybridized carbons (Fsp3) is 0.211. The number of aromatic amines is 3. The molecule has 8 N–H and O–H groups in total. The Labute approximate surface area is 738 Å². The first-order valence-corrected chi connectivity index (χ1v) is 46.2. The second kappa shape index (κ2) is 40.3. The summed E-state index contributed by atoms with van der Waals surface area (Å²) < 4.78 is 109. The Balaban J connectivity index is 0.000000161. The van der Waals surface area contributed by atoms with E-state index in [-0.39, 0.29) is 40.8 Å². The lowest BCUT2D eigenvalue weighted by Crippen LogP contribution is -2.37. The summed E-state index contributed by atoms with van der Waals surface area (Å²) in [5.41, 5.74) is 12.6. The van der Waals surface area contributed by atoms with E-state index >= 15 is 0 Å².